The lowest BCUT2D eigenvalue weighted by Gasteiger charge is -2.32. The van der Waals surface area contributed by atoms with Crippen molar-refractivity contribution in [1.82, 2.24) is 28.8 Å². The van der Waals surface area contributed by atoms with Gasteiger partial charge in [0.15, 0.2) is 0 Å². The highest BCUT2D eigenvalue weighted by atomic mass is 16.5. The summed E-state index contributed by atoms with van der Waals surface area (Å²) >= 11 is 0. The van der Waals surface area contributed by atoms with Crippen LogP contribution in [0.25, 0.3) is 0 Å². The summed E-state index contributed by atoms with van der Waals surface area (Å²) in [6.45, 7) is 6.95. The Hall–Kier alpha value is -1.93. The van der Waals surface area contributed by atoms with E-state index >= 15 is 0 Å². The van der Waals surface area contributed by atoms with Gasteiger partial charge in [-0.2, -0.15) is 5.10 Å². The summed E-state index contributed by atoms with van der Waals surface area (Å²) in [7, 11) is 3.44. The van der Waals surface area contributed by atoms with E-state index in [9.17, 15) is 4.79 Å². The van der Waals surface area contributed by atoms with Gasteiger partial charge in [0.25, 0.3) is 0 Å². The molecule has 1 aliphatic heterocycles. The summed E-state index contributed by atoms with van der Waals surface area (Å²) in [6.07, 6.45) is 6.03. The molecule has 0 aliphatic carbocycles. The Morgan fingerprint density at radius 1 is 1.40 bits per heavy atom. The highest BCUT2D eigenvalue weighted by Gasteiger charge is 2.27. The predicted octanol–water partition coefficient (Wildman–Crippen LogP) is 0.824. The van der Waals surface area contributed by atoms with Crippen LogP contribution in [0.5, 0.6) is 0 Å². The van der Waals surface area contributed by atoms with E-state index in [1.165, 1.54) is 4.68 Å². The van der Waals surface area contributed by atoms with Gasteiger partial charge in [-0.15, -0.1) is 0 Å². The van der Waals surface area contributed by atoms with Crippen LogP contribution in [0, 0.1) is 0 Å². The van der Waals surface area contributed by atoms with Crippen molar-refractivity contribution in [3.8, 4) is 0 Å². The molecule has 3 rings (SSSR count). The van der Waals surface area contributed by atoms with Crippen molar-refractivity contribution < 1.29 is 4.74 Å². The standard InChI is InChI=1S/C17H28N6O2/c1-4-23-16(19-20(2)17(23)24)14-6-5-8-21(12-14)13-15-18-7-9-22(15)10-11-25-3/h7,9,14H,4-6,8,10-13H2,1-3H3/t14-/m1/s1. The van der Waals surface area contributed by atoms with Crippen molar-refractivity contribution in [3.05, 3.63) is 34.5 Å². The number of aryl methyl sites for hydroxylation is 1. The molecule has 0 spiro atoms. The third kappa shape index (κ3) is 3.85. The maximum Gasteiger partial charge on any atom is 0.345 e. The Morgan fingerprint density at radius 2 is 2.24 bits per heavy atom. The van der Waals surface area contributed by atoms with Gasteiger partial charge in [0.05, 0.1) is 13.2 Å². The number of methoxy groups -OCH3 is 1. The molecule has 138 valence electrons. The number of imidazole rings is 1. The number of aromatic nitrogens is 5. The second-order valence-corrected chi connectivity index (χ2v) is 6.61. The fourth-order valence-corrected chi connectivity index (χ4v) is 3.62. The Morgan fingerprint density at radius 3 is 3.00 bits per heavy atom. The molecule has 0 saturated carbocycles. The molecule has 1 atom stereocenters. The molecule has 0 N–H and O–H groups in total. The molecule has 1 aliphatic rings. The molecule has 1 fully saturated rings. The Balaban J connectivity index is 1.71. The van der Waals surface area contributed by atoms with Gasteiger partial charge in [0, 0.05) is 52.1 Å². The Labute approximate surface area is 148 Å². The highest BCUT2D eigenvalue weighted by molar-refractivity contribution is 5.02. The SMILES string of the molecule is CCn1c([C@@H]2CCCN(Cc3nccn3CCOC)C2)nn(C)c1=O. The van der Waals surface area contributed by atoms with Crippen LogP contribution in [-0.2, 0) is 31.4 Å². The van der Waals surface area contributed by atoms with Crippen molar-refractivity contribution in [2.24, 2.45) is 7.05 Å². The summed E-state index contributed by atoms with van der Waals surface area (Å²) in [5.74, 6) is 2.28. The molecule has 8 nitrogen and oxygen atoms in total. The van der Waals surface area contributed by atoms with E-state index in [2.05, 4.69) is 19.5 Å². The quantitative estimate of drug-likeness (QED) is 0.741. The summed E-state index contributed by atoms with van der Waals surface area (Å²) in [4.78, 5) is 19.1. The molecular weight excluding hydrogens is 320 g/mol. The van der Waals surface area contributed by atoms with Crippen LogP contribution in [0.3, 0.4) is 0 Å². The van der Waals surface area contributed by atoms with Crippen molar-refractivity contribution >= 4 is 0 Å². The second-order valence-electron chi connectivity index (χ2n) is 6.61. The first-order valence-corrected chi connectivity index (χ1v) is 8.99. The molecule has 3 heterocycles. The van der Waals surface area contributed by atoms with Gasteiger partial charge in [-0.3, -0.25) is 9.47 Å². The van der Waals surface area contributed by atoms with Gasteiger partial charge in [-0.1, -0.05) is 0 Å². The van der Waals surface area contributed by atoms with Crippen LogP contribution in [0.15, 0.2) is 17.2 Å². The topological polar surface area (TPSA) is 70.1 Å². The van der Waals surface area contributed by atoms with Gasteiger partial charge in [-0.25, -0.2) is 14.5 Å². The maximum atomic E-state index is 12.2. The molecule has 8 heteroatoms. The van der Waals surface area contributed by atoms with Crippen LogP contribution >= 0.6 is 0 Å². The van der Waals surface area contributed by atoms with Gasteiger partial charge < -0.3 is 9.30 Å². The van der Waals surface area contributed by atoms with E-state index in [0.717, 1.165) is 50.7 Å². The van der Waals surface area contributed by atoms with Gasteiger partial charge >= 0.3 is 5.69 Å². The smallest absolute Gasteiger partial charge is 0.345 e. The molecule has 0 aromatic carbocycles. The lowest BCUT2D eigenvalue weighted by atomic mass is 9.97. The van der Waals surface area contributed by atoms with Crippen LogP contribution in [0.1, 0.15) is 37.3 Å². The minimum atomic E-state index is -0.0234. The molecule has 2 aromatic heterocycles. The molecule has 0 bridgehead atoms. The first-order valence-electron chi connectivity index (χ1n) is 8.99. The largest absolute Gasteiger partial charge is 0.383 e. The van der Waals surface area contributed by atoms with E-state index in [-0.39, 0.29) is 5.69 Å². The average molecular weight is 348 g/mol. The lowest BCUT2D eigenvalue weighted by molar-refractivity contribution is 0.174. The fraction of sp³-hybridized carbons (Fsp3) is 0.706. The lowest BCUT2D eigenvalue weighted by Crippen LogP contribution is -2.36. The van der Waals surface area contributed by atoms with Gasteiger partial charge in [0.1, 0.15) is 11.6 Å². The minimum absolute atomic E-state index is 0.0234. The molecular formula is C17H28N6O2. The molecule has 25 heavy (non-hydrogen) atoms. The maximum absolute atomic E-state index is 12.2. The Bertz CT molecular complexity index is 747. The van der Waals surface area contributed by atoms with Gasteiger partial charge in [-0.05, 0) is 26.3 Å². The highest BCUT2D eigenvalue weighted by Crippen LogP contribution is 2.26. The zero-order valence-electron chi connectivity index (χ0n) is 15.4. The number of likely N-dealkylation sites (tertiary alicyclic amines) is 1. The van der Waals surface area contributed by atoms with Crippen molar-refractivity contribution in [3.63, 3.8) is 0 Å². The third-order valence-electron chi connectivity index (χ3n) is 4.93. The second kappa shape index (κ2) is 7.97. The predicted molar refractivity (Wildman–Crippen MR) is 94.5 cm³/mol. The number of piperidine rings is 1. The molecule has 2 aromatic rings. The summed E-state index contributed by atoms with van der Waals surface area (Å²) in [6, 6.07) is 0. The minimum Gasteiger partial charge on any atom is -0.383 e. The molecule has 0 unspecified atom stereocenters. The normalized spacial score (nSPS) is 18.8. The number of hydrogen-bond acceptors (Lipinski definition) is 5. The first-order chi connectivity index (χ1) is 12.1. The van der Waals surface area contributed by atoms with Crippen LogP contribution in [0.4, 0.5) is 0 Å². The van der Waals surface area contributed by atoms with Crippen LogP contribution in [-0.4, -0.2) is 55.6 Å². The van der Waals surface area contributed by atoms with E-state index in [4.69, 9.17) is 4.74 Å². The summed E-state index contributed by atoms with van der Waals surface area (Å²) < 4.78 is 10.6. The van der Waals surface area contributed by atoms with Crippen molar-refractivity contribution in [1.29, 1.82) is 0 Å². The summed E-state index contributed by atoms with van der Waals surface area (Å²) in [5.41, 5.74) is -0.0234. The number of nitrogens with zero attached hydrogens (tertiary/aromatic N) is 6. The first kappa shape index (κ1) is 17.9. The monoisotopic (exact) mass is 348 g/mol. The number of ether oxygens (including phenoxy) is 1. The average Bonchev–Trinajstić information content (AvgIpc) is 3.17. The zero-order valence-corrected chi connectivity index (χ0v) is 15.4. The van der Waals surface area contributed by atoms with Crippen molar-refractivity contribution in [2.75, 3.05) is 26.8 Å². The van der Waals surface area contributed by atoms with Crippen LogP contribution < -0.4 is 5.69 Å². The van der Waals surface area contributed by atoms with Gasteiger partial charge in [0.2, 0.25) is 0 Å². The van der Waals surface area contributed by atoms with Crippen LogP contribution in [0.2, 0.25) is 0 Å². The number of hydrogen-bond donors (Lipinski definition) is 0. The van der Waals surface area contributed by atoms with E-state index in [0.29, 0.717) is 19.1 Å². The zero-order chi connectivity index (χ0) is 17.8. The van der Waals surface area contributed by atoms with E-state index in [1.54, 1.807) is 18.7 Å². The number of rotatable bonds is 7. The summed E-state index contributed by atoms with van der Waals surface area (Å²) in [5, 5.41) is 4.50. The van der Waals surface area contributed by atoms with Crippen molar-refractivity contribution in [2.45, 2.75) is 45.3 Å². The molecule has 0 amide bonds. The molecule has 0 radical (unpaired) electrons. The van der Waals surface area contributed by atoms with E-state index in [1.807, 2.05) is 19.3 Å². The Kier molecular flexibility index (Phi) is 5.70. The molecule has 1 saturated heterocycles. The van der Waals surface area contributed by atoms with E-state index < -0.39 is 0 Å². The fourth-order valence-electron chi connectivity index (χ4n) is 3.62. The third-order valence-corrected chi connectivity index (χ3v) is 4.93.